The summed E-state index contributed by atoms with van der Waals surface area (Å²) in [7, 11) is 4.02. The number of anilines is 1. The van der Waals surface area contributed by atoms with Gasteiger partial charge in [0.2, 0.25) is 0 Å². The monoisotopic (exact) mass is 590 g/mol. The number of likely N-dealkylation sites (N-methyl/N-ethyl adjacent to an activating group) is 1. The van der Waals surface area contributed by atoms with Gasteiger partial charge >= 0.3 is 5.97 Å². The summed E-state index contributed by atoms with van der Waals surface area (Å²) in [5, 5.41) is 16.1. The lowest BCUT2D eigenvalue weighted by molar-refractivity contribution is -0.131. The average Bonchev–Trinajstić information content (AvgIpc) is 3.75. The molecular formula is C36H38N4O4. The van der Waals surface area contributed by atoms with E-state index < -0.39 is 11.5 Å². The second-order valence-corrected chi connectivity index (χ2v) is 12.2. The summed E-state index contributed by atoms with van der Waals surface area (Å²) >= 11 is 0. The molecule has 0 bridgehead atoms. The van der Waals surface area contributed by atoms with Crippen molar-refractivity contribution in [2.75, 3.05) is 25.5 Å². The lowest BCUT2D eigenvalue weighted by Gasteiger charge is -2.29. The number of hydrogen-bond donors (Lipinski definition) is 3. The molecule has 44 heavy (non-hydrogen) atoms. The third kappa shape index (κ3) is 5.77. The number of aliphatic carboxylic acids is 1. The van der Waals surface area contributed by atoms with E-state index in [4.69, 9.17) is 5.11 Å². The summed E-state index contributed by atoms with van der Waals surface area (Å²) in [5.74, 6) is -1.09. The largest absolute Gasteiger partial charge is 0.478 e. The first-order valence-corrected chi connectivity index (χ1v) is 15.3. The molecule has 8 heteroatoms. The van der Waals surface area contributed by atoms with Crippen molar-refractivity contribution >= 4 is 40.4 Å². The second-order valence-electron chi connectivity index (χ2n) is 12.2. The fourth-order valence-corrected chi connectivity index (χ4v) is 6.91. The van der Waals surface area contributed by atoms with Crippen LogP contribution in [-0.2, 0) is 16.6 Å². The van der Waals surface area contributed by atoms with Gasteiger partial charge in [-0.15, -0.1) is 0 Å². The standard InChI is InChI=1S/C36H38N4O4/c1-39-21-20-36(23-39,35(44)37-28-16-12-24(13-17-28)14-19-31(41)42)38-34(43)27-15-18-29-30(22-27)40(2)33(26-10-4-3-5-11-26)32(29)25-8-6-7-9-25/h3-5,10-19,22,25H,6-9,20-21,23H2,1-2H3,(H,37,44)(H,38,43)(H,41,42)/b19-14+/t36-/m0/s1. The Kier molecular flexibility index (Phi) is 8.10. The van der Waals surface area contributed by atoms with Crippen LogP contribution in [0.1, 0.15) is 59.5 Å². The second kappa shape index (κ2) is 12.1. The van der Waals surface area contributed by atoms with Gasteiger partial charge in [0.05, 0.1) is 5.69 Å². The molecule has 6 rings (SSSR count). The molecule has 1 saturated heterocycles. The van der Waals surface area contributed by atoms with Gasteiger partial charge in [-0.3, -0.25) is 9.59 Å². The molecule has 0 unspecified atom stereocenters. The van der Waals surface area contributed by atoms with Crippen LogP contribution in [0.4, 0.5) is 5.69 Å². The molecule has 2 fully saturated rings. The molecule has 8 nitrogen and oxygen atoms in total. The van der Waals surface area contributed by atoms with Gasteiger partial charge < -0.3 is 25.2 Å². The lowest BCUT2D eigenvalue weighted by atomic mass is 9.91. The van der Waals surface area contributed by atoms with Crippen LogP contribution in [0.2, 0.25) is 0 Å². The van der Waals surface area contributed by atoms with Crippen LogP contribution < -0.4 is 10.6 Å². The normalized spacial score (nSPS) is 19.1. The minimum Gasteiger partial charge on any atom is -0.478 e. The molecule has 2 heterocycles. The molecule has 1 saturated carbocycles. The summed E-state index contributed by atoms with van der Waals surface area (Å²) in [6.45, 7) is 1.06. The maximum atomic E-state index is 13.8. The van der Waals surface area contributed by atoms with Crippen molar-refractivity contribution in [2.45, 2.75) is 43.6 Å². The van der Waals surface area contributed by atoms with Gasteiger partial charge in [-0.2, -0.15) is 0 Å². The number of aromatic nitrogens is 1. The Balaban J connectivity index is 1.28. The van der Waals surface area contributed by atoms with Gasteiger partial charge in [0.1, 0.15) is 5.54 Å². The predicted molar refractivity (Wildman–Crippen MR) is 174 cm³/mol. The molecule has 2 aliphatic rings. The first-order valence-electron chi connectivity index (χ1n) is 15.3. The Labute approximate surface area is 257 Å². The van der Waals surface area contributed by atoms with Crippen molar-refractivity contribution in [1.29, 1.82) is 0 Å². The van der Waals surface area contributed by atoms with Gasteiger partial charge in [0.15, 0.2) is 0 Å². The Bertz CT molecular complexity index is 1740. The van der Waals surface area contributed by atoms with Crippen LogP contribution >= 0.6 is 0 Å². The molecule has 1 aromatic heterocycles. The fraction of sp³-hybridized carbons (Fsp3) is 0.306. The van der Waals surface area contributed by atoms with E-state index in [9.17, 15) is 14.4 Å². The van der Waals surface area contributed by atoms with Crippen LogP contribution in [0.25, 0.3) is 28.2 Å². The van der Waals surface area contributed by atoms with E-state index in [0.29, 0.717) is 42.2 Å². The van der Waals surface area contributed by atoms with E-state index in [1.165, 1.54) is 54.0 Å². The molecule has 1 aliphatic heterocycles. The Hall–Kier alpha value is -4.69. The van der Waals surface area contributed by atoms with E-state index in [-0.39, 0.29) is 11.8 Å². The van der Waals surface area contributed by atoms with Gasteiger partial charge in [-0.1, -0.05) is 61.4 Å². The highest BCUT2D eigenvalue weighted by Crippen LogP contribution is 2.44. The highest BCUT2D eigenvalue weighted by atomic mass is 16.4. The summed E-state index contributed by atoms with van der Waals surface area (Å²) in [5.41, 5.74) is 5.47. The molecule has 1 atom stereocenters. The number of aryl methyl sites for hydroxylation is 1. The van der Waals surface area contributed by atoms with E-state index in [1.54, 1.807) is 24.3 Å². The fourth-order valence-electron chi connectivity index (χ4n) is 6.91. The van der Waals surface area contributed by atoms with Gasteiger partial charge in [-0.05, 0) is 79.3 Å². The maximum Gasteiger partial charge on any atom is 0.328 e. The zero-order valence-electron chi connectivity index (χ0n) is 25.2. The minimum atomic E-state index is -1.10. The number of hydrogen-bond acceptors (Lipinski definition) is 4. The van der Waals surface area contributed by atoms with Crippen LogP contribution in [-0.4, -0.2) is 58.0 Å². The number of carbonyl (C=O) groups excluding carboxylic acids is 2. The molecule has 2 amide bonds. The van der Waals surface area contributed by atoms with Crippen molar-refractivity contribution in [1.82, 2.24) is 14.8 Å². The van der Waals surface area contributed by atoms with Gasteiger partial charge in [0.25, 0.3) is 11.8 Å². The molecule has 3 N–H and O–H groups in total. The first kappa shape index (κ1) is 29.4. The first-order chi connectivity index (χ1) is 21.2. The highest BCUT2D eigenvalue weighted by molar-refractivity contribution is 6.06. The average molecular weight is 591 g/mol. The predicted octanol–water partition coefficient (Wildman–Crippen LogP) is 6.04. The van der Waals surface area contributed by atoms with Crippen LogP contribution in [0, 0.1) is 0 Å². The van der Waals surface area contributed by atoms with Crippen molar-refractivity contribution in [3.63, 3.8) is 0 Å². The molecular weight excluding hydrogens is 552 g/mol. The van der Waals surface area contributed by atoms with E-state index in [2.05, 4.69) is 52.6 Å². The number of rotatable bonds is 8. The molecule has 1 aliphatic carbocycles. The van der Waals surface area contributed by atoms with E-state index >= 15 is 0 Å². The van der Waals surface area contributed by atoms with Crippen molar-refractivity contribution in [3.8, 4) is 11.3 Å². The number of carboxylic acid groups (broad SMARTS) is 1. The topological polar surface area (TPSA) is 104 Å². The number of likely N-dealkylation sites (tertiary alicyclic amines) is 1. The van der Waals surface area contributed by atoms with Crippen molar-refractivity contribution in [3.05, 3.63) is 95.6 Å². The zero-order valence-corrected chi connectivity index (χ0v) is 25.2. The number of carboxylic acids is 1. The van der Waals surface area contributed by atoms with E-state index in [1.807, 2.05) is 30.1 Å². The third-order valence-corrected chi connectivity index (χ3v) is 9.15. The molecule has 3 aromatic carbocycles. The van der Waals surface area contributed by atoms with Crippen LogP contribution in [0.3, 0.4) is 0 Å². The summed E-state index contributed by atoms with van der Waals surface area (Å²) in [4.78, 5) is 40.4. The molecule has 0 spiro atoms. The quantitative estimate of drug-likeness (QED) is 0.217. The zero-order chi connectivity index (χ0) is 30.8. The van der Waals surface area contributed by atoms with Crippen LogP contribution in [0.5, 0.6) is 0 Å². The number of amides is 2. The van der Waals surface area contributed by atoms with Crippen molar-refractivity contribution < 1.29 is 19.5 Å². The van der Waals surface area contributed by atoms with Crippen molar-refractivity contribution in [2.24, 2.45) is 7.05 Å². The summed E-state index contributed by atoms with van der Waals surface area (Å²) in [6, 6.07) is 23.3. The number of benzene rings is 3. The minimum absolute atomic E-state index is 0.279. The number of fused-ring (bicyclic) bond motifs is 1. The highest BCUT2D eigenvalue weighted by Gasteiger charge is 2.45. The maximum absolute atomic E-state index is 13.8. The number of nitrogens with zero attached hydrogens (tertiary/aromatic N) is 2. The third-order valence-electron chi connectivity index (χ3n) is 9.15. The molecule has 4 aromatic rings. The Morgan fingerprint density at radius 1 is 0.955 bits per heavy atom. The molecule has 226 valence electrons. The number of nitrogens with one attached hydrogen (secondary N) is 2. The number of carbonyl (C=O) groups is 3. The van der Waals surface area contributed by atoms with Gasteiger partial charge in [0, 0.05) is 48.4 Å². The SMILES string of the molecule is CN1CC[C@@](NC(=O)c2ccc3c(C4CCCC4)c(-c4ccccc4)n(C)c3c2)(C(=O)Nc2ccc(/C=C/C(=O)O)cc2)C1. The Morgan fingerprint density at radius 2 is 1.68 bits per heavy atom. The smallest absolute Gasteiger partial charge is 0.328 e. The van der Waals surface area contributed by atoms with Crippen LogP contribution in [0.15, 0.2) is 78.9 Å². The molecule has 0 radical (unpaired) electrons. The summed E-state index contributed by atoms with van der Waals surface area (Å²) in [6.07, 6.45) is 7.86. The van der Waals surface area contributed by atoms with Gasteiger partial charge in [-0.25, -0.2) is 4.79 Å². The van der Waals surface area contributed by atoms with E-state index in [0.717, 1.165) is 11.6 Å². The summed E-state index contributed by atoms with van der Waals surface area (Å²) < 4.78 is 2.22. The lowest BCUT2D eigenvalue weighted by Crippen LogP contribution is -2.58. The Morgan fingerprint density at radius 3 is 2.34 bits per heavy atom.